The second kappa shape index (κ2) is 5.30. The lowest BCUT2D eigenvalue weighted by Gasteiger charge is -2.21. The first kappa shape index (κ1) is 13.8. The van der Waals surface area contributed by atoms with Gasteiger partial charge in [0.15, 0.2) is 5.78 Å². The van der Waals surface area contributed by atoms with Crippen molar-refractivity contribution >= 4 is 11.5 Å². The molecule has 0 unspecified atom stereocenters. The number of carbonyl (C=O) groups is 1. The van der Waals surface area contributed by atoms with Crippen LogP contribution in [-0.2, 0) is 6.42 Å². The Kier molecular flexibility index (Phi) is 3.47. The van der Waals surface area contributed by atoms with Crippen LogP contribution in [0.15, 0.2) is 42.5 Å². The Hall–Kier alpha value is -2.20. The Labute approximate surface area is 122 Å². The van der Waals surface area contributed by atoms with E-state index in [0.717, 1.165) is 11.1 Å². The number of fused-ring (bicyclic) bond motifs is 1. The van der Waals surface area contributed by atoms with Crippen molar-refractivity contribution in [2.75, 3.05) is 5.32 Å². The van der Waals surface area contributed by atoms with Gasteiger partial charge in [-0.25, -0.2) is 4.39 Å². The van der Waals surface area contributed by atoms with E-state index in [-0.39, 0.29) is 17.4 Å². The minimum atomic E-state index is -0.592. The molecule has 0 radical (unpaired) electrons. The fraction of sp³-hybridized carbons (Fsp3) is 0.235. The van der Waals surface area contributed by atoms with Crippen LogP contribution in [0.3, 0.4) is 0 Å². The molecule has 21 heavy (non-hydrogen) atoms. The third kappa shape index (κ3) is 2.43. The zero-order valence-corrected chi connectivity index (χ0v) is 11.6. The number of nitrogens with one attached hydrogen (secondary N) is 1. The van der Waals surface area contributed by atoms with Crippen LogP contribution in [0.1, 0.15) is 34.5 Å². The van der Waals surface area contributed by atoms with E-state index in [1.165, 1.54) is 13.0 Å². The zero-order chi connectivity index (χ0) is 15.0. The standard InChI is InChI=1S/C17H16FNO2/c1-10(20)16-13(18)7-4-8-14(16)19-17-12-6-3-2-5-11(12)9-15(17)21/h2-8,15,17,19,21H,9H2,1H3/t15-,17+/m0/s1. The number of halogens is 1. The third-order valence-electron chi connectivity index (χ3n) is 3.88. The van der Waals surface area contributed by atoms with E-state index in [2.05, 4.69) is 5.32 Å². The Morgan fingerprint density at radius 1 is 1.24 bits per heavy atom. The molecule has 0 fully saturated rings. The lowest BCUT2D eigenvalue weighted by molar-refractivity contribution is 0.101. The van der Waals surface area contributed by atoms with Gasteiger partial charge >= 0.3 is 0 Å². The molecule has 1 aliphatic carbocycles. The molecule has 0 spiro atoms. The van der Waals surface area contributed by atoms with E-state index in [0.29, 0.717) is 12.1 Å². The number of benzene rings is 2. The van der Waals surface area contributed by atoms with Crippen LogP contribution in [0, 0.1) is 5.82 Å². The average Bonchev–Trinajstić information content (AvgIpc) is 2.75. The molecular weight excluding hydrogens is 269 g/mol. The largest absolute Gasteiger partial charge is 0.390 e. The maximum Gasteiger partial charge on any atom is 0.164 e. The van der Waals surface area contributed by atoms with Crippen LogP contribution in [0.5, 0.6) is 0 Å². The molecule has 0 amide bonds. The lowest BCUT2D eigenvalue weighted by Crippen LogP contribution is -2.22. The summed E-state index contributed by atoms with van der Waals surface area (Å²) in [5.74, 6) is -0.885. The predicted octanol–water partition coefficient (Wildman–Crippen LogP) is 3.10. The zero-order valence-electron chi connectivity index (χ0n) is 11.6. The summed E-state index contributed by atoms with van der Waals surface area (Å²) >= 11 is 0. The van der Waals surface area contributed by atoms with Crippen molar-refractivity contribution in [3.63, 3.8) is 0 Å². The summed E-state index contributed by atoms with van der Waals surface area (Å²) in [5.41, 5.74) is 2.52. The van der Waals surface area contributed by atoms with Gasteiger partial charge in [-0.3, -0.25) is 4.79 Å². The molecule has 3 nitrogen and oxygen atoms in total. The van der Waals surface area contributed by atoms with Crippen LogP contribution in [0.4, 0.5) is 10.1 Å². The summed E-state index contributed by atoms with van der Waals surface area (Å²) in [6.07, 6.45) is -0.0380. The van der Waals surface area contributed by atoms with Gasteiger partial charge in [-0.05, 0) is 30.2 Å². The highest BCUT2D eigenvalue weighted by Gasteiger charge is 2.31. The van der Waals surface area contributed by atoms with Crippen LogP contribution >= 0.6 is 0 Å². The molecule has 108 valence electrons. The van der Waals surface area contributed by atoms with Gasteiger partial charge in [0.25, 0.3) is 0 Å². The summed E-state index contributed by atoms with van der Waals surface area (Å²) in [4.78, 5) is 11.6. The van der Waals surface area contributed by atoms with Crippen molar-refractivity contribution in [2.45, 2.75) is 25.5 Å². The second-order valence-electron chi connectivity index (χ2n) is 5.31. The van der Waals surface area contributed by atoms with Gasteiger partial charge in [0.05, 0.1) is 17.7 Å². The number of aliphatic hydroxyl groups excluding tert-OH is 1. The monoisotopic (exact) mass is 285 g/mol. The topological polar surface area (TPSA) is 49.3 Å². The van der Waals surface area contributed by atoms with Crippen molar-refractivity contribution in [3.05, 3.63) is 65.0 Å². The summed E-state index contributed by atoms with van der Waals surface area (Å²) in [5, 5.41) is 13.4. The minimum Gasteiger partial charge on any atom is -0.390 e. The number of aliphatic hydroxyl groups is 1. The van der Waals surface area contributed by atoms with Gasteiger partial charge in [-0.1, -0.05) is 30.3 Å². The third-order valence-corrected chi connectivity index (χ3v) is 3.88. The van der Waals surface area contributed by atoms with Gasteiger partial charge in [0, 0.05) is 12.1 Å². The van der Waals surface area contributed by atoms with E-state index >= 15 is 0 Å². The van der Waals surface area contributed by atoms with Crippen LogP contribution in [0.2, 0.25) is 0 Å². The summed E-state index contributed by atoms with van der Waals surface area (Å²) in [6, 6.07) is 11.9. The SMILES string of the molecule is CC(=O)c1c(F)cccc1N[C@@H]1c2ccccc2C[C@@H]1O. The van der Waals surface area contributed by atoms with Crippen molar-refractivity contribution in [1.82, 2.24) is 0 Å². The van der Waals surface area contributed by atoms with Gasteiger partial charge in [0.2, 0.25) is 0 Å². The Morgan fingerprint density at radius 2 is 2.00 bits per heavy atom. The molecule has 0 saturated carbocycles. The predicted molar refractivity (Wildman–Crippen MR) is 78.9 cm³/mol. The van der Waals surface area contributed by atoms with Crippen molar-refractivity contribution in [3.8, 4) is 0 Å². The van der Waals surface area contributed by atoms with Gasteiger partial charge in [-0.2, -0.15) is 0 Å². The average molecular weight is 285 g/mol. The molecule has 0 aromatic heterocycles. The molecule has 2 aromatic rings. The molecule has 0 heterocycles. The van der Waals surface area contributed by atoms with Gasteiger partial charge < -0.3 is 10.4 Å². The first-order valence-corrected chi connectivity index (χ1v) is 6.90. The van der Waals surface area contributed by atoms with Crippen molar-refractivity contribution in [2.24, 2.45) is 0 Å². The quantitative estimate of drug-likeness (QED) is 0.852. The van der Waals surface area contributed by atoms with Crippen molar-refractivity contribution in [1.29, 1.82) is 0 Å². The molecule has 2 aromatic carbocycles. The Balaban J connectivity index is 1.98. The number of hydrogen-bond donors (Lipinski definition) is 2. The van der Waals surface area contributed by atoms with Gasteiger partial charge in [-0.15, -0.1) is 0 Å². The first-order valence-electron chi connectivity index (χ1n) is 6.90. The summed E-state index contributed by atoms with van der Waals surface area (Å²) in [6.45, 7) is 1.34. The second-order valence-corrected chi connectivity index (χ2v) is 5.31. The van der Waals surface area contributed by atoms with Crippen LogP contribution in [0.25, 0.3) is 0 Å². The number of rotatable bonds is 3. The van der Waals surface area contributed by atoms with Gasteiger partial charge in [0.1, 0.15) is 5.82 Å². The molecule has 1 aliphatic rings. The molecule has 2 atom stereocenters. The molecular formula is C17H16FNO2. The summed E-state index contributed by atoms with van der Waals surface area (Å²) < 4.78 is 13.8. The molecule has 0 aliphatic heterocycles. The molecule has 2 N–H and O–H groups in total. The van der Waals surface area contributed by atoms with E-state index < -0.39 is 11.9 Å². The lowest BCUT2D eigenvalue weighted by atomic mass is 10.0. The molecule has 3 rings (SSSR count). The van der Waals surface area contributed by atoms with E-state index in [1.54, 1.807) is 12.1 Å². The summed E-state index contributed by atoms with van der Waals surface area (Å²) in [7, 11) is 0. The Morgan fingerprint density at radius 3 is 2.76 bits per heavy atom. The van der Waals surface area contributed by atoms with E-state index in [9.17, 15) is 14.3 Å². The molecule has 0 saturated heterocycles. The highest BCUT2D eigenvalue weighted by Crippen LogP contribution is 2.35. The van der Waals surface area contributed by atoms with E-state index in [4.69, 9.17) is 0 Å². The van der Waals surface area contributed by atoms with Crippen molar-refractivity contribution < 1.29 is 14.3 Å². The number of carbonyl (C=O) groups excluding carboxylic acids is 1. The maximum atomic E-state index is 13.8. The van der Waals surface area contributed by atoms with E-state index in [1.807, 2.05) is 24.3 Å². The minimum absolute atomic E-state index is 0.0362. The highest BCUT2D eigenvalue weighted by molar-refractivity contribution is 5.99. The number of Topliss-reactive ketones (excluding diaryl/α,β-unsaturated/α-hetero) is 1. The van der Waals surface area contributed by atoms with Crippen LogP contribution in [-0.4, -0.2) is 17.0 Å². The molecule has 0 bridgehead atoms. The smallest absolute Gasteiger partial charge is 0.164 e. The highest BCUT2D eigenvalue weighted by atomic mass is 19.1. The first-order chi connectivity index (χ1) is 10.1. The number of hydrogen-bond acceptors (Lipinski definition) is 3. The van der Waals surface area contributed by atoms with Crippen LogP contribution < -0.4 is 5.32 Å². The molecule has 4 heteroatoms. The normalized spacial score (nSPS) is 20.1. The fourth-order valence-corrected chi connectivity index (χ4v) is 2.92. The fourth-order valence-electron chi connectivity index (χ4n) is 2.92. The Bertz CT molecular complexity index is 699. The number of ketones is 1. The maximum absolute atomic E-state index is 13.8. The number of anilines is 1.